The number of hydrogen-bond acceptors (Lipinski definition) is 5. The lowest BCUT2D eigenvalue weighted by Gasteiger charge is -2.35. The van der Waals surface area contributed by atoms with E-state index in [-0.39, 0.29) is 22.7 Å². The van der Waals surface area contributed by atoms with E-state index in [2.05, 4.69) is 17.1 Å². The van der Waals surface area contributed by atoms with Crippen molar-refractivity contribution in [1.29, 1.82) is 0 Å². The molecule has 0 aliphatic heterocycles. The number of nitrogens with zero attached hydrogens (tertiary/aromatic N) is 1. The second-order valence-corrected chi connectivity index (χ2v) is 7.97. The number of aromatic nitrogens is 2. The van der Waals surface area contributed by atoms with Crippen molar-refractivity contribution < 1.29 is 9.53 Å². The molecule has 0 atom stereocenters. The van der Waals surface area contributed by atoms with Crippen molar-refractivity contribution in [1.82, 2.24) is 9.97 Å². The lowest BCUT2D eigenvalue weighted by Crippen LogP contribution is -2.37. The SMILES string of the molecule is CCOC(=O)CSc1nc2c(c(=O)[nH]1)C1(CCCC1)Cc1ccccc1-2. The first-order chi connectivity index (χ1) is 12.6. The van der Waals surface area contributed by atoms with Crippen molar-refractivity contribution in [3.05, 3.63) is 45.7 Å². The van der Waals surface area contributed by atoms with Crippen molar-refractivity contribution in [2.75, 3.05) is 12.4 Å². The van der Waals surface area contributed by atoms with Crippen LogP contribution in [0.25, 0.3) is 11.3 Å². The van der Waals surface area contributed by atoms with Crippen LogP contribution in [0.1, 0.15) is 43.7 Å². The average Bonchev–Trinajstić information content (AvgIpc) is 3.08. The zero-order chi connectivity index (χ0) is 18.1. The van der Waals surface area contributed by atoms with Gasteiger partial charge in [0.05, 0.1) is 23.6 Å². The number of ether oxygens (including phenoxy) is 1. The summed E-state index contributed by atoms with van der Waals surface area (Å²) < 4.78 is 4.96. The van der Waals surface area contributed by atoms with Crippen LogP contribution >= 0.6 is 11.8 Å². The third-order valence-corrected chi connectivity index (χ3v) is 6.27. The Balaban J connectivity index is 1.78. The van der Waals surface area contributed by atoms with Crippen LogP contribution < -0.4 is 5.56 Å². The minimum Gasteiger partial charge on any atom is -0.465 e. The molecule has 1 spiro atoms. The van der Waals surface area contributed by atoms with Crippen molar-refractivity contribution >= 4 is 17.7 Å². The third kappa shape index (κ3) is 2.96. The summed E-state index contributed by atoms with van der Waals surface area (Å²) in [4.78, 5) is 32.3. The number of carbonyl (C=O) groups is 1. The molecule has 0 saturated heterocycles. The molecule has 6 heteroatoms. The van der Waals surface area contributed by atoms with Crippen molar-refractivity contribution in [2.45, 2.75) is 49.6 Å². The van der Waals surface area contributed by atoms with E-state index < -0.39 is 0 Å². The largest absolute Gasteiger partial charge is 0.465 e. The summed E-state index contributed by atoms with van der Waals surface area (Å²) in [5, 5.41) is 0.478. The number of rotatable bonds is 4. The summed E-state index contributed by atoms with van der Waals surface area (Å²) in [5.41, 5.74) is 3.80. The number of aromatic amines is 1. The maximum Gasteiger partial charge on any atom is 0.316 e. The fourth-order valence-electron chi connectivity index (χ4n) is 4.37. The fraction of sp³-hybridized carbons (Fsp3) is 0.450. The van der Waals surface area contributed by atoms with Gasteiger partial charge in [-0.1, -0.05) is 48.9 Å². The molecule has 0 amide bonds. The molecule has 1 heterocycles. The molecule has 136 valence electrons. The number of fused-ring (bicyclic) bond motifs is 4. The van der Waals surface area contributed by atoms with Gasteiger partial charge >= 0.3 is 5.97 Å². The minimum atomic E-state index is -0.300. The second kappa shape index (κ2) is 6.91. The average molecular weight is 370 g/mol. The van der Waals surface area contributed by atoms with Crippen LogP contribution in [0.15, 0.2) is 34.2 Å². The Morgan fingerprint density at radius 1 is 1.31 bits per heavy atom. The number of nitrogens with one attached hydrogen (secondary N) is 1. The maximum atomic E-state index is 13.0. The molecular weight excluding hydrogens is 348 g/mol. The van der Waals surface area contributed by atoms with E-state index in [9.17, 15) is 9.59 Å². The number of benzene rings is 1. The van der Waals surface area contributed by atoms with Gasteiger partial charge < -0.3 is 9.72 Å². The van der Waals surface area contributed by atoms with E-state index >= 15 is 0 Å². The van der Waals surface area contributed by atoms with Gasteiger partial charge in [-0.15, -0.1) is 0 Å². The van der Waals surface area contributed by atoms with E-state index in [0.717, 1.165) is 48.9 Å². The molecule has 2 aliphatic carbocycles. The Hall–Kier alpha value is -2.08. The Morgan fingerprint density at radius 3 is 2.85 bits per heavy atom. The Bertz CT molecular complexity index is 900. The van der Waals surface area contributed by atoms with Gasteiger partial charge in [-0.05, 0) is 31.7 Å². The molecule has 2 aromatic rings. The lowest BCUT2D eigenvalue weighted by molar-refractivity contribution is -0.139. The topological polar surface area (TPSA) is 72.0 Å². The van der Waals surface area contributed by atoms with E-state index in [0.29, 0.717) is 11.8 Å². The predicted molar refractivity (Wildman–Crippen MR) is 102 cm³/mol. The van der Waals surface area contributed by atoms with Gasteiger partial charge in [-0.2, -0.15) is 0 Å². The quantitative estimate of drug-likeness (QED) is 0.507. The van der Waals surface area contributed by atoms with Crippen LogP contribution in [0.3, 0.4) is 0 Å². The number of hydrogen-bond donors (Lipinski definition) is 1. The van der Waals surface area contributed by atoms with Gasteiger partial charge in [0.25, 0.3) is 5.56 Å². The van der Waals surface area contributed by atoms with Gasteiger partial charge in [0.15, 0.2) is 5.16 Å². The number of H-pyrrole nitrogens is 1. The fourth-order valence-corrected chi connectivity index (χ4v) is 5.03. The Kier molecular flexibility index (Phi) is 4.61. The summed E-state index contributed by atoms with van der Waals surface area (Å²) in [5.74, 6) is -0.159. The van der Waals surface area contributed by atoms with Crippen molar-refractivity contribution in [3.63, 3.8) is 0 Å². The molecule has 1 aromatic heterocycles. The normalized spacial score (nSPS) is 17.0. The van der Waals surface area contributed by atoms with Gasteiger partial charge in [0, 0.05) is 11.0 Å². The standard InChI is InChI=1S/C20H22N2O3S/c1-2-25-15(23)12-26-19-21-17-14-8-4-3-7-13(14)11-20(9-5-6-10-20)16(17)18(24)22-19/h3-4,7-8H,2,5-6,9-12H2,1H3,(H,21,22,24). The van der Waals surface area contributed by atoms with Crippen LogP contribution in [-0.4, -0.2) is 28.3 Å². The molecule has 2 aliphatic rings. The second-order valence-electron chi connectivity index (χ2n) is 7.01. The van der Waals surface area contributed by atoms with Crippen LogP contribution in [0.2, 0.25) is 0 Å². The number of esters is 1. The monoisotopic (exact) mass is 370 g/mol. The highest BCUT2D eigenvalue weighted by molar-refractivity contribution is 7.99. The molecule has 0 radical (unpaired) electrons. The zero-order valence-corrected chi connectivity index (χ0v) is 15.7. The van der Waals surface area contributed by atoms with Gasteiger partial charge in [0.1, 0.15) is 0 Å². The highest BCUT2D eigenvalue weighted by Gasteiger charge is 2.43. The van der Waals surface area contributed by atoms with Gasteiger partial charge in [-0.25, -0.2) is 4.98 Å². The summed E-state index contributed by atoms with van der Waals surface area (Å²) in [7, 11) is 0. The zero-order valence-electron chi connectivity index (χ0n) is 14.8. The summed E-state index contributed by atoms with van der Waals surface area (Å²) in [6, 6.07) is 8.23. The predicted octanol–water partition coefficient (Wildman–Crippen LogP) is 3.46. The number of carbonyl (C=O) groups excluding carboxylic acids is 1. The summed E-state index contributed by atoms with van der Waals surface area (Å²) >= 11 is 1.22. The van der Waals surface area contributed by atoms with E-state index in [1.807, 2.05) is 12.1 Å². The van der Waals surface area contributed by atoms with Crippen molar-refractivity contribution in [2.24, 2.45) is 0 Å². The van der Waals surface area contributed by atoms with Crippen LogP contribution in [0.4, 0.5) is 0 Å². The van der Waals surface area contributed by atoms with E-state index in [1.54, 1.807) is 6.92 Å². The number of thioether (sulfide) groups is 1. The molecule has 1 fully saturated rings. The molecule has 0 bridgehead atoms. The Morgan fingerprint density at radius 2 is 2.08 bits per heavy atom. The highest BCUT2D eigenvalue weighted by atomic mass is 32.2. The first-order valence-electron chi connectivity index (χ1n) is 9.14. The lowest BCUT2D eigenvalue weighted by atomic mass is 9.68. The molecule has 1 N–H and O–H groups in total. The van der Waals surface area contributed by atoms with Crippen LogP contribution in [0.5, 0.6) is 0 Å². The smallest absolute Gasteiger partial charge is 0.316 e. The third-order valence-electron chi connectivity index (χ3n) is 5.42. The first kappa shape index (κ1) is 17.3. The molecule has 1 saturated carbocycles. The first-order valence-corrected chi connectivity index (χ1v) is 10.1. The highest BCUT2D eigenvalue weighted by Crippen LogP contribution is 2.49. The van der Waals surface area contributed by atoms with Crippen molar-refractivity contribution in [3.8, 4) is 11.3 Å². The van der Waals surface area contributed by atoms with Gasteiger partial charge in [-0.3, -0.25) is 9.59 Å². The van der Waals surface area contributed by atoms with E-state index in [4.69, 9.17) is 9.72 Å². The minimum absolute atomic E-state index is 0.0576. The molecule has 26 heavy (non-hydrogen) atoms. The molecular formula is C20H22N2O3S. The molecule has 1 aromatic carbocycles. The van der Waals surface area contributed by atoms with Gasteiger partial charge in [0.2, 0.25) is 0 Å². The summed E-state index contributed by atoms with van der Waals surface area (Å²) in [6.07, 6.45) is 5.29. The molecule has 5 nitrogen and oxygen atoms in total. The molecule has 4 rings (SSSR count). The van der Waals surface area contributed by atoms with E-state index in [1.165, 1.54) is 17.3 Å². The maximum absolute atomic E-state index is 13.0. The van der Waals surface area contributed by atoms with Crippen LogP contribution in [0, 0.1) is 0 Å². The molecule has 0 unspecified atom stereocenters. The van der Waals surface area contributed by atoms with Crippen LogP contribution in [-0.2, 0) is 21.4 Å². The Labute approximate surface area is 156 Å². The summed E-state index contributed by atoms with van der Waals surface area (Å²) in [6.45, 7) is 2.13.